The Morgan fingerprint density at radius 3 is 2.71 bits per heavy atom. The SMILES string of the molecule is Cl.Cn1ccc2ncnc(OCc3cccc(NC(=O)c4ccccc4)c3)c21. The molecule has 0 radical (unpaired) electrons. The van der Waals surface area contributed by atoms with Crippen LogP contribution in [0, 0.1) is 0 Å². The number of carbonyl (C=O) groups excluding carboxylic acids is 1. The molecule has 0 bridgehead atoms. The van der Waals surface area contributed by atoms with Crippen LogP contribution in [0.15, 0.2) is 73.2 Å². The van der Waals surface area contributed by atoms with Crippen LogP contribution in [0.25, 0.3) is 11.0 Å². The van der Waals surface area contributed by atoms with Crippen molar-refractivity contribution in [3.05, 3.63) is 84.3 Å². The quantitative estimate of drug-likeness (QED) is 0.550. The normalized spacial score (nSPS) is 10.3. The molecule has 0 aliphatic rings. The number of amides is 1. The zero-order valence-corrected chi connectivity index (χ0v) is 16.0. The summed E-state index contributed by atoms with van der Waals surface area (Å²) in [6.07, 6.45) is 3.42. The highest BCUT2D eigenvalue weighted by molar-refractivity contribution is 6.04. The Hall–Kier alpha value is -3.38. The van der Waals surface area contributed by atoms with E-state index in [-0.39, 0.29) is 18.3 Å². The summed E-state index contributed by atoms with van der Waals surface area (Å²) in [6, 6.07) is 18.6. The lowest BCUT2D eigenvalue weighted by atomic mass is 10.2. The van der Waals surface area contributed by atoms with Crippen molar-refractivity contribution in [3.63, 3.8) is 0 Å². The third-order valence-electron chi connectivity index (χ3n) is 4.22. The summed E-state index contributed by atoms with van der Waals surface area (Å²) >= 11 is 0. The molecule has 1 amide bonds. The molecule has 0 atom stereocenters. The Morgan fingerprint density at radius 1 is 1.07 bits per heavy atom. The lowest BCUT2D eigenvalue weighted by Gasteiger charge is -2.10. The molecule has 0 aliphatic carbocycles. The third kappa shape index (κ3) is 4.13. The van der Waals surface area contributed by atoms with Crippen LogP contribution in [0.2, 0.25) is 0 Å². The average Bonchev–Trinajstić information content (AvgIpc) is 3.09. The Balaban J connectivity index is 0.00000225. The summed E-state index contributed by atoms with van der Waals surface area (Å²) in [7, 11) is 1.93. The molecule has 4 aromatic rings. The first-order valence-corrected chi connectivity index (χ1v) is 8.55. The van der Waals surface area contributed by atoms with E-state index < -0.39 is 0 Å². The number of nitrogens with zero attached hydrogens (tertiary/aromatic N) is 3. The fraction of sp³-hybridized carbons (Fsp3) is 0.0952. The van der Waals surface area contributed by atoms with Gasteiger partial charge in [0.05, 0.1) is 5.52 Å². The van der Waals surface area contributed by atoms with Gasteiger partial charge in [-0.2, -0.15) is 4.98 Å². The van der Waals surface area contributed by atoms with Crippen molar-refractivity contribution in [3.8, 4) is 5.88 Å². The van der Waals surface area contributed by atoms with E-state index in [0.29, 0.717) is 18.1 Å². The molecule has 7 heteroatoms. The monoisotopic (exact) mass is 394 g/mol. The largest absolute Gasteiger partial charge is 0.471 e. The maximum atomic E-state index is 12.3. The maximum Gasteiger partial charge on any atom is 0.255 e. The van der Waals surface area contributed by atoms with Crippen LogP contribution in [0.1, 0.15) is 15.9 Å². The Bertz CT molecular complexity index is 1100. The Kier molecular flexibility index (Phi) is 5.91. The topological polar surface area (TPSA) is 69.0 Å². The van der Waals surface area contributed by atoms with Gasteiger partial charge in [-0.15, -0.1) is 12.4 Å². The van der Waals surface area contributed by atoms with E-state index in [9.17, 15) is 4.79 Å². The standard InChI is InChI=1S/C21H18N4O2.ClH/c1-25-11-10-18-19(25)21(23-14-22-18)27-13-15-6-5-9-17(12-15)24-20(26)16-7-3-2-4-8-16;/h2-12,14H,13H2,1H3,(H,24,26);1H. The van der Waals surface area contributed by atoms with Crippen molar-refractivity contribution in [2.45, 2.75) is 6.61 Å². The van der Waals surface area contributed by atoms with E-state index in [0.717, 1.165) is 22.3 Å². The highest BCUT2D eigenvalue weighted by Gasteiger charge is 2.09. The molecule has 2 heterocycles. The van der Waals surface area contributed by atoms with Crippen LogP contribution >= 0.6 is 12.4 Å². The number of rotatable bonds is 5. The van der Waals surface area contributed by atoms with Crippen molar-refractivity contribution in [2.75, 3.05) is 5.32 Å². The maximum absolute atomic E-state index is 12.3. The highest BCUT2D eigenvalue weighted by Crippen LogP contribution is 2.22. The van der Waals surface area contributed by atoms with Crippen molar-refractivity contribution >= 4 is 35.0 Å². The fourth-order valence-electron chi connectivity index (χ4n) is 2.87. The molecule has 2 aromatic heterocycles. The van der Waals surface area contributed by atoms with Gasteiger partial charge in [0.2, 0.25) is 5.88 Å². The van der Waals surface area contributed by atoms with Crippen molar-refractivity contribution < 1.29 is 9.53 Å². The molecule has 1 N–H and O–H groups in total. The molecule has 0 saturated carbocycles. The van der Waals surface area contributed by atoms with Crippen molar-refractivity contribution in [1.82, 2.24) is 14.5 Å². The summed E-state index contributed by atoms with van der Waals surface area (Å²) in [6.45, 7) is 0.340. The summed E-state index contributed by atoms with van der Waals surface area (Å²) in [5.41, 5.74) is 3.96. The minimum absolute atomic E-state index is 0. The van der Waals surface area contributed by atoms with Crippen LogP contribution in [0.3, 0.4) is 0 Å². The highest BCUT2D eigenvalue weighted by atomic mass is 35.5. The van der Waals surface area contributed by atoms with Crippen LogP contribution in [0.5, 0.6) is 5.88 Å². The van der Waals surface area contributed by atoms with E-state index in [4.69, 9.17) is 4.74 Å². The lowest BCUT2D eigenvalue weighted by Crippen LogP contribution is -2.11. The second-order valence-corrected chi connectivity index (χ2v) is 6.15. The molecule has 0 spiro atoms. The van der Waals surface area contributed by atoms with Crippen molar-refractivity contribution in [2.24, 2.45) is 7.05 Å². The van der Waals surface area contributed by atoms with Crippen LogP contribution in [0.4, 0.5) is 5.69 Å². The number of carbonyl (C=O) groups is 1. The third-order valence-corrected chi connectivity index (χ3v) is 4.22. The first-order chi connectivity index (χ1) is 13.2. The van der Waals surface area contributed by atoms with Gasteiger partial charge < -0.3 is 14.6 Å². The second kappa shape index (κ2) is 8.54. The average molecular weight is 395 g/mol. The summed E-state index contributed by atoms with van der Waals surface area (Å²) < 4.78 is 7.84. The number of benzene rings is 2. The van der Waals surface area contributed by atoms with Gasteiger partial charge in [-0.05, 0) is 35.9 Å². The van der Waals surface area contributed by atoms with Crippen molar-refractivity contribution in [1.29, 1.82) is 0 Å². The first kappa shape index (κ1) is 19.4. The number of anilines is 1. The van der Waals surface area contributed by atoms with Gasteiger partial charge in [0.15, 0.2) is 0 Å². The number of fused-ring (bicyclic) bond motifs is 1. The number of nitrogens with one attached hydrogen (secondary N) is 1. The second-order valence-electron chi connectivity index (χ2n) is 6.15. The fourth-order valence-corrected chi connectivity index (χ4v) is 2.87. The van der Waals surface area contributed by atoms with Crippen LogP contribution < -0.4 is 10.1 Å². The van der Waals surface area contributed by atoms with Gasteiger partial charge in [0, 0.05) is 24.5 Å². The molecule has 0 fully saturated rings. The van der Waals surface area contributed by atoms with Gasteiger partial charge >= 0.3 is 0 Å². The zero-order valence-electron chi connectivity index (χ0n) is 15.2. The van der Waals surface area contributed by atoms with Gasteiger partial charge in [0.1, 0.15) is 18.5 Å². The molecule has 142 valence electrons. The zero-order chi connectivity index (χ0) is 18.6. The number of aryl methyl sites for hydroxylation is 1. The number of halogens is 1. The summed E-state index contributed by atoms with van der Waals surface area (Å²) in [4.78, 5) is 20.8. The summed E-state index contributed by atoms with van der Waals surface area (Å²) in [5.74, 6) is 0.390. The van der Waals surface area contributed by atoms with E-state index in [2.05, 4.69) is 15.3 Å². The molecule has 2 aromatic carbocycles. The molecule has 0 aliphatic heterocycles. The van der Waals surface area contributed by atoms with Gasteiger partial charge in [0.25, 0.3) is 5.91 Å². The first-order valence-electron chi connectivity index (χ1n) is 8.55. The predicted molar refractivity (Wildman–Crippen MR) is 111 cm³/mol. The molecule has 0 unspecified atom stereocenters. The van der Waals surface area contributed by atoms with E-state index in [1.807, 2.05) is 66.3 Å². The minimum atomic E-state index is -0.144. The van der Waals surface area contributed by atoms with E-state index >= 15 is 0 Å². The molecular weight excluding hydrogens is 376 g/mol. The molecule has 6 nitrogen and oxygen atoms in total. The Morgan fingerprint density at radius 2 is 1.89 bits per heavy atom. The Labute approximate surface area is 168 Å². The molecule has 4 rings (SSSR count). The van der Waals surface area contributed by atoms with Gasteiger partial charge in [-0.3, -0.25) is 4.79 Å². The number of hydrogen-bond acceptors (Lipinski definition) is 4. The minimum Gasteiger partial charge on any atom is -0.471 e. The van der Waals surface area contributed by atoms with Gasteiger partial charge in [-0.25, -0.2) is 4.98 Å². The lowest BCUT2D eigenvalue weighted by molar-refractivity contribution is 0.102. The number of hydrogen-bond donors (Lipinski definition) is 1. The molecule has 28 heavy (non-hydrogen) atoms. The molecule has 0 saturated heterocycles. The number of ether oxygens (including phenoxy) is 1. The molecular formula is C21H19ClN4O2. The summed E-state index contributed by atoms with van der Waals surface area (Å²) in [5, 5.41) is 2.91. The van der Waals surface area contributed by atoms with E-state index in [1.54, 1.807) is 12.1 Å². The predicted octanol–water partition coefficient (Wildman–Crippen LogP) is 4.22. The van der Waals surface area contributed by atoms with Crippen LogP contribution in [-0.2, 0) is 13.7 Å². The number of aromatic nitrogens is 3. The van der Waals surface area contributed by atoms with E-state index in [1.165, 1.54) is 6.33 Å². The van der Waals surface area contributed by atoms with Crippen LogP contribution in [-0.4, -0.2) is 20.4 Å². The smallest absolute Gasteiger partial charge is 0.255 e. The van der Waals surface area contributed by atoms with Gasteiger partial charge in [-0.1, -0.05) is 30.3 Å².